The Bertz CT molecular complexity index is 1240. The van der Waals surface area contributed by atoms with Gasteiger partial charge in [-0.15, -0.1) is 0 Å². The van der Waals surface area contributed by atoms with Crippen molar-refractivity contribution >= 4 is 16.7 Å². The summed E-state index contributed by atoms with van der Waals surface area (Å²) in [6, 6.07) is 9.64. The summed E-state index contributed by atoms with van der Waals surface area (Å²) in [6.45, 7) is 7.86. The van der Waals surface area contributed by atoms with Crippen molar-refractivity contribution in [3.05, 3.63) is 36.2 Å². The number of aromatic nitrogens is 4. The van der Waals surface area contributed by atoms with Crippen molar-refractivity contribution in [1.82, 2.24) is 25.1 Å². The molecular weight excluding hydrogens is 454 g/mol. The molecule has 188 valence electrons. The largest absolute Gasteiger partial charge is 0.379 e. The van der Waals surface area contributed by atoms with Gasteiger partial charge in [-0.2, -0.15) is 10.4 Å². The normalized spacial score (nSPS) is 27.7. The van der Waals surface area contributed by atoms with Crippen LogP contribution < -0.4 is 4.90 Å². The number of nitrogens with zero attached hydrogens (tertiary/aromatic N) is 6. The van der Waals surface area contributed by atoms with Crippen LogP contribution in [-0.2, 0) is 14.9 Å². The summed E-state index contributed by atoms with van der Waals surface area (Å²) < 4.78 is 11.3. The Balaban J connectivity index is 1.45. The van der Waals surface area contributed by atoms with Crippen LogP contribution in [0, 0.1) is 11.3 Å². The standard InChI is InChI=1S/C27H33N7O2/c1-19-17-36-15-12-34(19)24-16-22(21-4-8-29-26(25(21)31-24)23-5-9-30-32-23)27(18-28)6-2-20(3-7-27)33-10-13-35-14-11-33/h4-5,8-9,16,19-20H,2-3,6-7,10-15,17H2,1H3,(H,30,32)/t19-,20?,27?/m1/s1. The zero-order valence-corrected chi connectivity index (χ0v) is 20.8. The molecule has 2 saturated heterocycles. The maximum absolute atomic E-state index is 10.7. The minimum absolute atomic E-state index is 0.207. The average molecular weight is 488 g/mol. The van der Waals surface area contributed by atoms with E-state index in [0.717, 1.165) is 92.2 Å². The van der Waals surface area contributed by atoms with Gasteiger partial charge >= 0.3 is 0 Å². The number of fused-ring (bicyclic) bond motifs is 1. The second-order valence-corrected chi connectivity index (χ2v) is 10.2. The fraction of sp³-hybridized carbons (Fsp3) is 0.556. The SMILES string of the molecule is C[C@@H]1COCCN1c1cc(C2(C#N)CCC(N3CCOCC3)CC2)c2ccnc(-c3ccn[nH]3)c2n1. The Morgan fingerprint density at radius 2 is 1.89 bits per heavy atom. The van der Waals surface area contributed by atoms with Crippen molar-refractivity contribution in [1.29, 1.82) is 5.26 Å². The maximum Gasteiger partial charge on any atom is 0.130 e. The van der Waals surface area contributed by atoms with Crippen LogP contribution in [0.1, 0.15) is 38.2 Å². The number of pyridine rings is 2. The molecule has 3 aromatic rings. The highest BCUT2D eigenvalue weighted by molar-refractivity contribution is 5.94. The highest BCUT2D eigenvalue weighted by atomic mass is 16.5. The maximum atomic E-state index is 10.7. The van der Waals surface area contributed by atoms with Gasteiger partial charge in [-0.05, 0) is 56.4 Å². The summed E-state index contributed by atoms with van der Waals surface area (Å²) in [4.78, 5) is 14.7. The molecule has 1 atom stereocenters. The van der Waals surface area contributed by atoms with Crippen LogP contribution in [-0.4, -0.2) is 83.2 Å². The molecule has 0 amide bonds. The Kier molecular flexibility index (Phi) is 6.34. The van der Waals surface area contributed by atoms with Crippen LogP contribution in [0.2, 0.25) is 0 Å². The number of nitrogens with one attached hydrogen (secondary N) is 1. The van der Waals surface area contributed by atoms with Gasteiger partial charge in [0.25, 0.3) is 0 Å². The molecule has 6 rings (SSSR count). The Labute approximate surface area is 211 Å². The molecule has 3 aliphatic rings. The molecule has 2 aliphatic heterocycles. The average Bonchev–Trinajstić information content (AvgIpc) is 3.48. The van der Waals surface area contributed by atoms with Crippen molar-refractivity contribution in [3.63, 3.8) is 0 Å². The number of rotatable bonds is 4. The summed E-state index contributed by atoms with van der Waals surface area (Å²) in [5.74, 6) is 0.895. The van der Waals surface area contributed by atoms with Gasteiger partial charge in [0.05, 0.1) is 49.6 Å². The highest BCUT2D eigenvalue weighted by Crippen LogP contribution is 2.45. The van der Waals surface area contributed by atoms with Gasteiger partial charge in [-0.3, -0.25) is 15.0 Å². The number of hydrogen-bond acceptors (Lipinski definition) is 8. The third kappa shape index (κ3) is 4.13. The van der Waals surface area contributed by atoms with Crippen LogP contribution in [0.15, 0.2) is 30.6 Å². The Morgan fingerprint density at radius 1 is 1.08 bits per heavy atom. The first-order valence-electron chi connectivity index (χ1n) is 13.1. The van der Waals surface area contributed by atoms with Gasteiger partial charge in [0.2, 0.25) is 0 Å². The molecule has 0 unspecified atom stereocenters. The lowest BCUT2D eigenvalue weighted by atomic mass is 9.68. The minimum Gasteiger partial charge on any atom is -0.379 e. The number of ether oxygens (including phenoxy) is 2. The summed E-state index contributed by atoms with van der Waals surface area (Å²) in [6.07, 6.45) is 7.26. The van der Waals surface area contributed by atoms with Gasteiger partial charge < -0.3 is 14.4 Å². The van der Waals surface area contributed by atoms with Crippen molar-refractivity contribution < 1.29 is 9.47 Å². The van der Waals surface area contributed by atoms with Crippen molar-refractivity contribution in [2.24, 2.45) is 0 Å². The zero-order chi connectivity index (χ0) is 24.5. The molecule has 0 spiro atoms. The predicted octanol–water partition coefficient (Wildman–Crippen LogP) is 3.28. The van der Waals surface area contributed by atoms with Gasteiger partial charge in [0.15, 0.2) is 0 Å². The van der Waals surface area contributed by atoms with E-state index in [2.05, 4.69) is 44.0 Å². The molecule has 9 heteroatoms. The zero-order valence-electron chi connectivity index (χ0n) is 20.8. The second-order valence-electron chi connectivity index (χ2n) is 10.2. The number of hydrogen-bond donors (Lipinski definition) is 1. The number of anilines is 1. The first-order valence-corrected chi connectivity index (χ1v) is 13.1. The monoisotopic (exact) mass is 487 g/mol. The third-order valence-corrected chi connectivity index (χ3v) is 8.23. The van der Waals surface area contributed by atoms with Crippen molar-refractivity contribution in [2.75, 3.05) is 51.0 Å². The van der Waals surface area contributed by atoms with E-state index in [1.807, 2.05) is 18.3 Å². The molecule has 0 aromatic carbocycles. The first-order chi connectivity index (χ1) is 17.7. The van der Waals surface area contributed by atoms with Crippen LogP contribution in [0.5, 0.6) is 0 Å². The van der Waals surface area contributed by atoms with E-state index in [9.17, 15) is 5.26 Å². The number of morpholine rings is 2. The molecule has 5 heterocycles. The number of aromatic amines is 1. The molecule has 3 aromatic heterocycles. The molecule has 9 nitrogen and oxygen atoms in total. The molecule has 1 aliphatic carbocycles. The smallest absolute Gasteiger partial charge is 0.130 e. The van der Waals surface area contributed by atoms with E-state index in [4.69, 9.17) is 14.5 Å². The summed E-state index contributed by atoms with van der Waals surface area (Å²) in [7, 11) is 0. The van der Waals surface area contributed by atoms with Crippen molar-refractivity contribution in [3.8, 4) is 17.5 Å². The van der Waals surface area contributed by atoms with Gasteiger partial charge in [-0.25, -0.2) is 4.98 Å². The summed E-state index contributed by atoms with van der Waals surface area (Å²) in [5.41, 5.74) is 2.93. The van der Waals surface area contributed by atoms with Gasteiger partial charge in [-0.1, -0.05) is 0 Å². The minimum atomic E-state index is -0.555. The lowest BCUT2D eigenvalue weighted by Gasteiger charge is -2.42. The molecule has 0 radical (unpaired) electrons. The molecule has 1 saturated carbocycles. The lowest BCUT2D eigenvalue weighted by molar-refractivity contribution is 0.00512. The fourth-order valence-electron chi connectivity index (χ4n) is 6.18. The lowest BCUT2D eigenvalue weighted by Crippen LogP contribution is -2.47. The van der Waals surface area contributed by atoms with Gasteiger partial charge in [0.1, 0.15) is 17.0 Å². The van der Waals surface area contributed by atoms with Crippen LogP contribution in [0.4, 0.5) is 5.82 Å². The quantitative estimate of drug-likeness (QED) is 0.598. The van der Waals surface area contributed by atoms with E-state index < -0.39 is 5.41 Å². The molecule has 3 fully saturated rings. The summed E-state index contributed by atoms with van der Waals surface area (Å²) in [5, 5.41) is 18.9. The van der Waals surface area contributed by atoms with Crippen LogP contribution >= 0.6 is 0 Å². The molecule has 0 bridgehead atoms. The van der Waals surface area contributed by atoms with Crippen LogP contribution in [0.3, 0.4) is 0 Å². The Morgan fingerprint density at radius 3 is 2.61 bits per heavy atom. The van der Waals surface area contributed by atoms with E-state index in [1.54, 1.807) is 6.20 Å². The highest BCUT2D eigenvalue weighted by Gasteiger charge is 2.41. The second kappa shape index (κ2) is 9.77. The van der Waals surface area contributed by atoms with Gasteiger partial charge in [0, 0.05) is 43.5 Å². The van der Waals surface area contributed by atoms with Crippen molar-refractivity contribution in [2.45, 2.75) is 50.1 Å². The van der Waals surface area contributed by atoms with E-state index in [-0.39, 0.29) is 6.04 Å². The third-order valence-electron chi connectivity index (χ3n) is 8.23. The summed E-state index contributed by atoms with van der Waals surface area (Å²) >= 11 is 0. The predicted molar refractivity (Wildman–Crippen MR) is 137 cm³/mol. The van der Waals surface area contributed by atoms with E-state index in [1.165, 1.54) is 0 Å². The molecule has 36 heavy (non-hydrogen) atoms. The molecule has 1 N–H and O–H groups in total. The van der Waals surface area contributed by atoms with Crippen LogP contribution in [0.25, 0.3) is 22.3 Å². The van der Waals surface area contributed by atoms with E-state index in [0.29, 0.717) is 19.3 Å². The van der Waals surface area contributed by atoms with E-state index >= 15 is 0 Å². The Hall–Kier alpha value is -3.06. The number of nitriles is 1. The topological polar surface area (TPSA) is 103 Å². The number of H-pyrrole nitrogens is 1. The first kappa shape index (κ1) is 23.3. The molecular formula is C27H33N7O2. The fourth-order valence-corrected chi connectivity index (χ4v) is 6.18.